The fourth-order valence-corrected chi connectivity index (χ4v) is 4.07. The minimum absolute atomic E-state index is 0.857. The van der Waals surface area contributed by atoms with E-state index in [0.29, 0.717) is 0 Å². The highest BCUT2D eigenvalue weighted by molar-refractivity contribution is 5.14. The number of nitrogens with one attached hydrogen (secondary N) is 1. The molecule has 0 radical (unpaired) electrons. The number of benzene rings is 1. The van der Waals surface area contributed by atoms with Crippen LogP contribution in [-0.4, -0.2) is 56.1 Å². The van der Waals surface area contributed by atoms with Crippen molar-refractivity contribution in [2.45, 2.75) is 25.8 Å². The maximum Gasteiger partial charge on any atom is 0.0233 e. The third-order valence-electron chi connectivity index (χ3n) is 5.22. The fourth-order valence-electron chi connectivity index (χ4n) is 4.07. The lowest BCUT2D eigenvalue weighted by atomic mass is 9.97. The fraction of sp³-hybridized carbons (Fsp3) is 0.684. The summed E-state index contributed by atoms with van der Waals surface area (Å²) < 4.78 is 0. The standard InChI is InChI=1S/C19H31N3/c1-21(13-18-7-10-20-11-8-18)14-19-9-12-22(16-19)15-17-5-3-2-4-6-17/h2-6,18-20H,7-16H2,1H3. The normalized spacial score (nSPS) is 24.2. The summed E-state index contributed by atoms with van der Waals surface area (Å²) in [4.78, 5) is 5.21. The first-order chi connectivity index (χ1) is 10.8. The summed E-state index contributed by atoms with van der Waals surface area (Å²) in [5.41, 5.74) is 1.45. The Morgan fingerprint density at radius 1 is 1.05 bits per heavy atom. The maximum atomic E-state index is 3.46. The van der Waals surface area contributed by atoms with Gasteiger partial charge in [0, 0.05) is 26.2 Å². The highest BCUT2D eigenvalue weighted by Gasteiger charge is 2.24. The topological polar surface area (TPSA) is 18.5 Å². The van der Waals surface area contributed by atoms with Gasteiger partial charge < -0.3 is 10.2 Å². The number of likely N-dealkylation sites (tertiary alicyclic amines) is 1. The van der Waals surface area contributed by atoms with E-state index < -0.39 is 0 Å². The number of hydrogen-bond donors (Lipinski definition) is 1. The van der Waals surface area contributed by atoms with Crippen LogP contribution in [-0.2, 0) is 6.54 Å². The van der Waals surface area contributed by atoms with Gasteiger partial charge in [-0.3, -0.25) is 4.90 Å². The molecule has 0 amide bonds. The Balaban J connectivity index is 1.38. The molecule has 0 spiro atoms. The molecule has 1 unspecified atom stereocenters. The number of nitrogens with zero attached hydrogens (tertiary/aromatic N) is 2. The molecule has 22 heavy (non-hydrogen) atoms. The van der Waals surface area contributed by atoms with E-state index in [1.165, 1.54) is 64.1 Å². The van der Waals surface area contributed by atoms with Crippen molar-refractivity contribution >= 4 is 0 Å². The van der Waals surface area contributed by atoms with Gasteiger partial charge in [0.1, 0.15) is 0 Å². The zero-order chi connectivity index (χ0) is 15.2. The van der Waals surface area contributed by atoms with Crippen molar-refractivity contribution in [1.29, 1.82) is 0 Å². The van der Waals surface area contributed by atoms with E-state index in [-0.39, 0.29) is 0 Å². The van der Waals surface area contributed by atoms with E-state index in [4.69, 9.17) is 0 Å². The van der Waals surface area contributed by atoms with Gasteiger partial charge in [0.05, 0.1) is 0 Å². The second-order valence-corrected chi connectivity index (χ2v) is 7.29. The zero-order valence-electron chi connectivity index (χ0n) is 14.0. The zero-order valence-corrected chi connectivity index (χ0v) is 14.0. The van der Waals surface area contributed by atoms with E-state index in [1.807, 2.05) is 0 Å². The van der Waals surface area contributed by atoms with Crippen molar-refractivity contribution in [2.24, 2.45) is 11.8 Å². The first kappa shape index (κ1) is 16.0. The largest absolute Gasteiger partial charge is 0.317 e. The van der Waals surface area contributed by atoms with Crippen molar-refractivity contribution in [3.8, 4) is 0 Å². The summed E-state index contributed by atoms with van der Waals surface area (Å²) in [7, 11) is 2.32. The van der Waals surface area contributed by atoms with Gasteiger partial charge in [-0.15, -0.1) is 0 Å². The second kappa shape index (κ2) is 8.09. The van der Waals surface area contributed by atoms with Crippen LogP contribution in [0, 0.1) is 11.8 Å². The summed E-state index contributed by atoms with van der Waals surface area (Å²) in [5.74, 6) is 1.77. The molecule has 1 N–H and O–H groups in total. The molecule has 0 bridgehead atoms. The van der Waals surface area contributed by atoms with Crippen molar-refractivity contribution in [2.75, 3.05) is 46.3 Å². The molecule has 1 aromatic carbocycles. The summed E-state index contributed by atoms with van der Waals surface area (Å²) in [6.07, 6.45) is 4.08. The predicted molar refractivity (Wildman–Crippen MR) is 92.9 cm³/mol. The average Bonchev–Trinajstić information content (AvgIpc) is 2.96. The quantitative estimate of drug-likeness (QED) is 0.871. The summed E-state index contributed by atoms with van der Waals surface area (Å²) in [5, 5.41) is 3.46. The Morgan fingerprint density at radius 2 is 1.77 bits per heavy atom. The number of piperidine rings is 1. The number of hydrogen-bond acceptors (Lipinski definition) is 3. The Kier molecular flexibility index (Phi) is 5.88. The Labute approximate surface area is 135 Å². The minimum atomic E-state index is 0.857. The highest BCUT2D eigenvalue weighted by Crippen LogP contribution is 2.20. The van der Waals surface area contributed by atoms with Gasteiger partial charge in [-0.1, -0.05) is 30.3 Å². The van der Waals surface area contributed by atoms with Crippen LogP contribution < -0.4 is 5.32 Å². The molecular weight excluding hydrogens is 270 g/mol. The van der Waals surface area contributed by atoms with E-state index in [9.17, 15) is 0 Å². The van der Waals surface area contributed by atoms with Gasteiger partial charge in [-0.05, 0) is 63.3 Å². The lowest BCUT2D eigenvalue weighted by molar-refractivity contribution is 0.209. The molecule has 2 aliphatic rings. The maximum absolute atomic E-state index is 3.46. The second-order valence-electron chi connectivity index (χ2n) is 7.29. The lowest BCUT2D eigenvalue weighted by Gasteiger charge is -2.29. The molecule has 2 heterocycles. The molecule has 1 aromatic rings. The molecule has 3 heteroatoms. The molecule has 122 valence electrons. The molecule has 2 aliphatic heterocycles. The van der Waals surface area contributed by atoms with Gasteiger partial charge in [0.2, 0.25) is 0 Å². The third-order valence-corrected chi connectivity index (χ3v) is 5.22. The van der Waals surface area contributed by atoms with Gasteiger partial charge >= 0.3 is 0 Å². The van der Waals surface area contributed by atoms with E-state index in [0.717, 1.165) is 18.4 Å². The van der Waals surface area contributed by atoms with Crippen LogP contribution in [0.1, 0.15) is 24.8 Å². The SMILES string of the molecule is CN(CC1CCNCC1)CC1CCN(Cc2ccccc2)C1. The molecule has 0 aliphatic carbocycles. The molecule has 2 fully saturated rings. The van der Waals surface area contributed by atoms with Crippen LogP contribution in [0.3, 0.4) is 0 Å². The van der Waals surface area contributed by atoms with Crippen molar-refractivity contribution in [1.82, 2.24) is 15.1 Å². The predicted octanol–water partition coefficient (Wildman–Crippen LogP) is 2.44. The first-order valence-corrected chi connectivity index (χ1v) is 8.95. The first-order valence-electron chi connectivity index (χ1n) is 8.95. The van der Waals surface area contributed by atoms with Gasteiger partial charge in [0.15, 0.2) is 0 Å². The molecule has 1 atom stereocenters. The Bertz CT molecular complexity index is 428. The smallest absolute Gasteiger partial charge is 0.0233 e. The van der Waals surface area contributed by atoms with E-state index >= 15 is 0 Å². The van der Waals surface area contributed by atoms with Crippen LogP contribution in [0.15, 0.2) is 30.3 Å². The molecule has 3 rings (SSSR count). The van der Waals surface area contributed by atoms with Gasteiger partial charge in [0.25, 0.3) is 0 Å². The molecular formula is C19H31N3. The van der Waals surface area contributed by atoms with Gasteiger partial charge in [-0.25, -0.2) is 0 Å². The minimum Gasteiger partial charge on any atom is -0.317 e. The molecule has 0 aromatic heterocycles. The average molecular weight is 301 g/mol. The highest BCUT2D eigenvalue weighted by atomic mass is 15.2. The van der Waals surface area contributed by atoms with Crippen LogP contribution in [0.25, 0.3) is 0 Å². The monoisotopic (exact) mass is 301 g/mol. The molecule has 3 nitrogen and oxygen atoms in total. The van der Waals surface area contributed by atoms with E-state index in [1.54, 1.807) is 0 Å². The van der Waals surface area contributed by atoms with Crippen LogP contribution in [0.4, 0.5) is 0 Å². The summed E-state index contributed by atoms with van der Waals surface area (Å²) in [6.45, 7) is 8.65. The Hall–Kier alpha value is -0.900. The van der Waals surface area contributed by atoms with Crippen LogP contribution in [0.5, 0.6) is 0 Å². The van der Waals surface area contributed by atoms with Crippen LogP contribution >= 0.6 is 0 Å². The molecule has 0 saturated carbocycles. The van der Waals surface area contributed by atoms with Crippen LogP contribution in [0.2, 0.25) is 0 Å². The van der Waals surface area contributed by atoms with Crippen molar-refractivity contribution in [3.05, 3.63) is 35.9 Å². The Morgan fingerprint density at radius 3 is 2.55 bits per heavy atom. The number of rotatable bonds is 6. The van der Waals surface area contributed by atoms with Crippen molar-refractivity contribution < 1.29 is 0 Å². The van der Waals surface area contributed by atoms with E-state index in [2.05, 4.69) is 52.5 Å². The van der Waals surface area contributed by atoms with Gasteiger partial charge in [-0.2, -0.15) is 0 Å². The van der Waals surface area contributed by atoms with Crippen molar-refractivity contribution in [3.63, 3.8) is 0 Å². The molecule has 2 saturated heterocycles. The lowest BCUT2D eigenvalue weighted by Crippen LogP contribution is -2.36. The summed E-state index contributed by atoms with van der Waals surface area (Å²) in [6, 6.07) is 10.9. The third kappa shape index (κ3) is 4.80. The summed E-state index contributed by atoms with van der Waals surface area (Å²) >= 11 is 0.